The van der Waals surface area contributed by atoms with Crippen LogP contribution in [0.2, 0.25) is 5.02 Å². The van der Waals surface area contributed by atoms with Crippen LogP contribution in [0.5, 0.6) is 5.75 Å². The number of terminal acetylenes is 1. The number of amides is 1. The van der Waals surface area contributed by atoms with Crippen LogP contribution in [0.3, 0.4) is 0 Å². The fraction of sp³-hybridized carbons (Fsp3) is 0.0588. The first kappa shape index (κ1) is 15.6. The SMILES string of the molecule is C#CCOc1ccccc1/C=N/NC(=O)c1ccc(Cl)cc1. The van der Waals surface area contributed by atoms with Gasteiger partial charge < -0.3 is 4.74 Å². The van der Waals surface area contributed by atoms with Crippen molar-refractivity contribution in [1.29, 1.82) is 0 Å². The molecular formula is C17H13ClN2O2. The van der Waals surface area contributed by atoms with E-state index in [4.69, 9.17) is 22.8 Å². The first-order valence-electron chi connectivity index (χ1n) is 6.45. The molecule has 0 saturated heterocycles. The normalized spacial score (nSPS) is 10.2. The van der Waals surface area contributed by atoms with Gasteiger partial charge in [0, 0.05) is 16.1 Å². The first-order chi connectivity index (χ1) is 10.7. The molecule has 1 N–H and O–H groups in total. The number of nitrogens with one attached hydrogen (secondary N) is 1. The van der Waals surface area contributed by atoms with Crippen LogP contribution in [-0.2, 0) is 0 Å². The van der Waals surface area contributed by atoms with Crippen molar-refractivity contribution in [3.05, 3.63) is 64.7 Å². The molecule has 110 valence electrons. The van der Waals surface area contributed by atoms with Crippen LogP contribution in [-0.4, -0.2) is 18.7 Å². The summed E-state index contributed by atoms with van der Waals surface area (Å²) in [6, 6.07) is 13.8. The summed E-state index contributed by atoms with van der Waals surface area (Å²) in [5.41, 5.74) is 3.63. The summed E-state index contributed by atoms with van der Waals surface area (Å²) in [6.07, 6.45) is 6.67. The molecule has 5 heteroatoms. The zero-order chi connectivity index (χ0) is 15.8. The van der Waals surface area contributed by atoms with Crippen molar-refractivity contribution in [1.82, 2.24) is 5.43 Å². The second-order valence-corrected chi connectivity index (χ2v) is 4.67. The molecule has 22 heavy (non-hydrogen) atoms. The molecule has 4 nitrogen and oxygen atoms in total. The van der Waals surface area contributed by atoms with Crippen LogP contribution in [0, 0.1) is 12.3 Å². The van der Waals surface area contributed by atoms with Crippen molar-refractivity contribution in [2.24, 2.45) is 5.10 Å². The highest BCUT2D eigenvalue weighted by atomic mass is 35.5. The summed E-state index contributed by atoms with van der Waals surface area (Å²) >= 11 is 5.77. The lowest BCUT2D eigenvalue weighted by Gasteiger charge is -2.05. The number of ether oxygens (including phenoxy) is 1. The standard InChI is InChI=1S/C17H13ClN2O2/c1-2-11-22-16-6-4-3-5-14(16)12-19-20-17(21)13-7-9-15(18)10-8-13/h1,3-10,12H,11H2,(H,20,21)/b19-12+. The smallest absolute Gasteiger partial charge is 0.271 e. The van der Waals surface area contributed by atoms with Crippen molar-refractivity contribution in [2.75, 3.05) is 6.61 Å². The van der Waals surface area contributed by atoms with Gasteiger partial charge in [0.25, 0.3) is 5.91 Å². The number of carbonyl (C=O) groups is 1. The molecule has 0 radical (unpaired) electrons. The number of nitrogens with zero attached hydrogens (tertiary/aromatic N) is 1. The fourth-order valence-corrected chi connectivity index (χ4v) is 1.79. The van der Waals surface area contributed by atoms with Crippen LogP contribution in [0.1, 0.15) is 15.9 Å². The molecule has 0 spiro atoms. The topological polar surface area (TPSA) is 50.7 Å². The lowest BCUT2D eigenvalue weighted by atomic mass is 10.2. The van der Waals surface area contributed by atoms with E-state index in [1.807, 2.05) is 18.2 Å². The van der Waals surface area contributed by atoms with Crippen LogP contribution < -0.4 is 10.2 Å². The minimum absolute atomic E-state index is 0.169. The highest BCUT2D eigenvalue weighted by molar-refractivity contribution is 6.30. The van der Waals surface area contributed by atoms with Crippen molar-refractivity contribution >= 4 is 23.7 Å². The Morgan fingerprint density at radius 3 is 2.73 bits per heavy atom. The van der Waals surface area contributed by atoms with Crippen LogP contribution in [0.4, 0.5) is 0 Å². The molecule has 0 aliphatic rings. The van der Waals surface area contributed by atoms with Crippen LogP contribution in [0.25, 0.3) is 0 Å². The Hall–Kier alpha value is -2.77. The van der Waals surface area contributed by atoms with Gasteiger partial charge in [-0.05, 0) is 36.4 Å². The molecule has 0 unspecified atom stereocenters. The van der Waals surface area contributed by atoms with E-state index >= 15 is 0 Å². The van der Waals surface area contributed by atoms with E-state index in [-0.39, 0.29) is 12.5 Å². The van der Waals surface area contributed by atoms with Crippen molar-refractivity contribution in [3.8, 4) is 18.1 Å². The maximum absolute atomic E-state index is 11.9. The Kier molecular flexibility index (Phi) is 5.58. The Balaban J connectivity index is 2.02. The molecule has 0 bridgehead atoms. The molecule has 2 rings (SSSR count). The molecule has 0 aliphatic carbocycles. The molecule has 0 heterocycles. The molecule has 0 saturated carbocycles. The van der Waals surface area contributed by atoms with Crippen molar-refractivity contribution in [2.45, 2.75) is 0 Å². The zero-order valence-electron chi connectivity index (χ0n) is 11.6. The van der Waals surface area contributed by atoms with E-state index < -0.39 is 0 Å². The Labute approximate surface area is 133 Å². The summed E-state index contributed by atoms with van der Waals surface area (Å²) in [5, 5.41) is 4.49. The number of hydrogen-bond donors (Lipinski definition) is 1. The third-order valence-corrected chi connectivity index (χ3v) is 2.96. The van der Waals surface area contributed by atoms with Crippen molar-refractivity contribution in [3.63, 3.8) is 0 Å². The molecule has 0 atom stereocenters. The third kappa shape index (κ3) is 4.37. The lowest BCUT2D eigenvalue weighted by molar-refractivity contribution is 0.0955. The average Bonchev–Trinajstić information content (AvgIpc) is 2.54. The van der Waals surface area contributed by atoms with E-state index in [2.05, 4.69) is 16.4 Å². The Bertz CT molecular complexity index is 718. The lowest BCUT2D eigenvalue weighted by Crippen LogP contribution is -2.17. The van der Waals surface area contributed by atoms with Gasteiger partial charge in [0.05, 0.1) is 6.21 Å². The Morgan fingerprint density at radius 2 is 2.00 bits per heavy atom. The summed E-state index contributed by atoms with van der Waals surface area (Å²) < 4.78 is 5.39. The maximum Gasteiger partial charge on any atom is 0.271 e. The van der Waals surface area contributed by atoms with E-state index in [9.17, 15) is 4.79 Å². The molecule has 0 fully saturated rings. The van der Waals surface area contributed by atoms with Gasteiger partial charge in [-0.2, -0.15) is 5.10 Å². The van der Waals surface area contributed by atoms with Gasteiger partial charge in [0.1, 0.15) is 12.4 Å². The molecule has 2 aromatic carbocycles. The Morgan fingerprint density at radius 1 is 1.27 bits per heavy atom. The minimum Gasteiger partial charge on any atom is -0.480 e. The molecule has 0 aliphatic heterocycles. The number of carbonyl (C=O) groups excluding carboxylic acids is 1. The van der Waals surface area contributed by atoms with Crippen molar-refractivity contribution < 1.29 is 9.53 Å². The monoisotopic (exact) mass is 312 g/mol. The largest absolute Gasteiger partial charge is 0.480 e. The van der Waals surface area contributed by atoms with Gasteiger partial charge in [-0.1, -0.05) is 29.7 Å². The summed E-state index contributed by atoms with van der Waals surface area (Å²) in [4.78, 5) is 11.9. The molecular weight excluding hydrogens is 300 g/mol. The van der Waals surface area contributed by atoms with E-state index in [1.54, 1.807) is 30.3 Å². The number of rotatable bonds is 5. The second-order valence-electron chi connectivity index (χ2n) is 4.24. The molecule has 1 amide bonds. The highest BCUT2D eigenvalue weighted by Crippen LogP contribution is 2.15. The van der Waals surface area contributed by atoms with Gasteiger partial charge in [0.15, 0.2) is 0 Å². The predicted molar refractivity (Wildman–Crippen MR) is 87.3 cm³/mol. The average molecular weight is 313 g/mol. The van der Waals surface area contributed by atoms with Crippen LogP contribution in [0.15, 0.2) is 53.6 Å². The second kappa shape index (κ2) is 7.87. The van der Waals surface area contributed by atoms with Gasteiger partial charge in [-0.25, -0.2) is 5.43 Å². The number of halogens is 1. The fourth-order valence-electron chi connectivity index (χ4n) is 1.66. The summed E-state index contributed by atoms with van der Waals surface area (Å²) in [7, 11) is 0. The number of hydrogen-bond acceptors (Lipinski definition) is 3. The number of benzene rings is 2. The summed E-state index contributed by atoms with van der Waals surface area (Å²) in [6.45, 7) is 0.169. The maximum atomic E-state index is 11.9. The highest BCUT2D eigenvalue weighted by Gasteiger charge is 2.04. The zero-order valence-corrected chi connectivity index (χ0v) is 12.4. The number of para-hydroxylation sites is 1. The van der Waals surface area contributed by atoms with E-state index in [1.165, 1.54) is 6.21 Å². The summed E-state index contributed by atoms with van der Waals surface area (Å²) in [5.74, 6) is 2.67. The van der Waals surface area contributed by atoms with Crippen LogP contribution >= 0.6 is 11.6 Å². The minimum atomic E-state index is -0.324. The molecule has 0 aromatic heterocycles. The third-order valence-electron chi connectivity index (χ3n) is 2.71. The van der Waals surface area contributed by atoms with Gasteiger partial charge in [-0.15, -0.1) is 6.42 Å². The first-order valence-corrected chi connectivity index (χ1v) is 6.83. The quantitative estimate of drug-likeness (QED) is 0.524. The predicted octanol–water partition coefficient (Wildman–Crippen LogP) is 3.12. The van der Waals surface area contributed by atoms with E-state index in [0.29, 0.717) is 21.9 Å². The van der Waals surface area contributed by atoms with E-state index in [0.717, 1.165) is 0 Å². The van der Waals surface area contributed by atoms with Gasteiger partial charge in [-0.3, -0.25) is 4.79 Å². The molecule has 2 aromatic rings. The van der Waals surface area contributed by atoms with Gasteiger partial charge in [0.2, 0.25) is 0 Å². The number of hydrazone groups is 1. The van der Waals surface area contributed by atoms with Gasteiger partial charge >= 0.3 is 0 Å².